The van der Waals surface area contributed by atoms with Gasteiger partial charge in [0.1, 0.15) is 0 Å². The van der Waals surface area contributed by atoms with E-state index in [-0.39, 0.29) is 5.54 Å². The Balaban J connectivity index is 2.10. The maximum absolute atomic E-state index is 3.65. The Hall–Kier alpha value is -1.02. The summed E-state index contributed by atoms with van der Waals surface area (Å²) in [5.74, 6) is 1.37. The van der Waals surface area contributed by atoms with Gasteiger partial charge in [-0.2, -0.15) is 0 Å². The van der Waals surface area contributed by atoms with Crippen molar-refractivity contribution >= 4 is 5.69 Å². The lowest BCUT2D eigenvalue weighted by molar-refractivity contribution is 0.341. The van der Waals surface area contributed by atoms with Crippen molar-refractivity contribution in [3.05, 3.63) is 29.8 Å². The van der Waals surface area contributed by atoms with E-state index >= 15 is 0 Å². The standard InChI is InChI=1S/C19H32N2/c1-14-11-17-9-7-8-10-18(17)21(13-14)16(3)15(2)12-20-19(4,5)6/h7-10,14-16,20H,11-13H2,1-6H3. The molecule has 0 fully saturated rings. The molecule has 1 aliphatic heterocycles. The minimum absolute atomic E-state index is 0.196. The zero-order chi connectivity index (χ0) is 15.6. The fraction of sp³-hybridized carbons (Fsp3) is 0.684. The van der Waals surface area contributed by atoms with E-state index in [2.05, 4.69) is 76.0 Å². The van der Waals surface area contributed by atoms with Crippen molar-refractivity contribution in [2.45, 2.75) is 59.5 Å². The summed E-state index contributed by atoms with van der Waals surface area (Å²) in [6.45, 7) is 16.1. The Bertz CT molecular complexity index is 461. The average molecular weight is 288 g/mol. The summed E-state index contributed by atoms with van der Waals surface area (Å²) < 4.78 is 0. The highest BCUT2D eigenvalue weighted by molar-refractivity contribution is 5.56. The maximum atomic E-state index is 3.65. The topological polar surface area (TPSA) is 15.3 Å². The summed E-state index contributed by atoms with van der Waals surface area (Å²) in [4.78, 5) is 2.62. The highest BCUT2D eigenvalue weighted by Crippen LogP contribution is 2.32. The van der Waals surface area contributed by atoms with Gasteiger partial charge in [0.05, 0.1) is 0 Å². The molecule has 3 atom stereocenters. The van der Waals surface area contributed by atoms with E-state index in [0.717, 1.165) is 12.5 Å². The van der Waals surface area contributed by atoms with Crippen molar-refractivity contribution in [3.8, 4) is 0 Å². The molecule has 118 valence electrons. The SMILES string of the molecule is CC1Cc2ccccc2N(C(C)C(C)CNC(C)(C)C)C1. The average Bonchev–Trinajstić information content (AvgIpc) is 2.42. The predicted octanol–water partition coefficient (Wildman–Crippen LogP) is 4.10. The second-order valence-electron chi connectivity index (χ2n) is 7.94. The third kappa shape index (κ3) is 4.23. The summed E-state index contributed by atoms with van der Waals surface area (Å²) in [5.41, 5.74) is 3.16. The van der Waals surface area contributed by atoms with Gasteiger partial charge < -0.3 is 10.2 Å². The first-order chi connectivity index (χ1) is 9.78. The molecule has 2 nitrogen and oxygen atoms in total. The summed E-state index contributed by atoms with van der Waals surface area (Å²) in [7, 11) is 0. The van der Waals surface area contributed by atoms with Crippen molar-refractivity contribution in [2.75, 3.05) is 18.0 Å². The van der Waals surface area contributed by atoms with Gasteiger partial charge >= 0.3 is 0 Å². The molecule has 2 rings (SSSR count). The summed E-state index contributed by atoms with van der Waals surface area (Å²) in [6, 6.07) is 9.49. The number of hydrogen-bond acceptors (Lipinski definition) is 2. The van der Waals surface area contributed by atoms with E-state index in [1.807, 2.05) is 0 Å². The number of nitrogens with one attached hydrogen (secondary N) is 1. The van der Waals surface area contributed by atoms with E-state index < -0.39 is 0 Å². The Morgan fingerprint density at radius 1 is 1.24 bits per heavy atom. The fourth-order valence-electron chi connectivity index (χ4n) is 3.17. The molecule has 0 radical (unpaired) electrons. The number of fused-ring (bicyclic) bond motifs is 1. The van der Waals surface area contributed by atoms with Gasteiger partial charge in [0.2, 0.25) is 0 Å². The van der Waals surface area contributed by atoms with Crippen molar-refractivity contribution in [1.82, 2.24) is 5.32 Å². The second kappa shape index (κ2) is 6.39. The lowest BCUT2D eigenvalue weighted by atomic mass is 9.90. The van der Waals surface area contributed by atoms with Crippen LogP contribution in [0.3, 0.4) is 0 Å². The van der Waals surface area contributed by atoms with E-state index in [1.165, 1.54) is 24.2 Å². The molecular weight excluding hydrogens is 256 g/mol. The lowest BCUT2D eigenvalue weighted by Gasteiger charge is -2.42. The van der Waals surface area contributed by atoms with Gasteiger partial charge in [0, 0.05) is 30.4 Å². The second-order valence-corrected chi connectivity index (χ2v) is 7.94. The van der Waals surface area contributed by atoms with Crippen LogP contribution in [0.4, 0.5) is 5.69 Å². The molecule has 1 aromatic carbocycles. The zero-order valence-corrected chi connectivity index (χ0v) is 14.6. The van der Waals surface area contributed by atoms with Crippen LogP contribution in [0.25, 0.3) is 0 Å². The normalized spacial score (nSPS) is 21.8. The molecule has 0 bridgehead atoms. The first-order valence-electron chi connectivity index (χ1n) is 8.37. The van der Waals surface area contributed by atoms with Crippen LogP contribution in [-0.2, 0) is 6.42 Å². The molecule has 1 aromatic rings. The molecular formula is C19H32N2. The smallest absolute Gasteiger partial charge is 0.0401 e. The number of nitrogens with zero attached hydrogens (tertiary/aromatic N) is 1. The summed E-state index contributed by atoms with van der Waals surface area (Å²) in [5, 5.41) is 3.65. The van der Waals surface area contributed by atoms with Crippen LogP contribution >= 0.6 is 0 Å². The van der Waals surface area contributed by atoms with E-state index in [9.17, 15) is 0 Å². The molecule has 0 aliphatic carbocycles. The van der Waals surface area contributed by atoms with Crippen LogP contribution in [0.2, 0.25) is 0 Å². The van der Waals surface area contributed by atoms with Gasteiger partial charge in [-0.1, -0.05) is 32.0 Å². The zero-order valence-electron chi connectivity index (χ0n) is 14.6. The third-order valence-corrected chi connectivity index (χ3v) is 4.65. The van der Waals surface area contributed by atoms with Gasteiger partial charge in [0.15, 0.2) is 0 Å². The number of para-hydroxylation sites is 1. The first kappa shape index (κ1) is 16.4. The van der Waals surface area contributed by atoms with Crippen LogP contribution in [-0.4, -0.2) is 24.7 Å². The molecule has 0 aromatic heterocycles. The molecule has 0 saturated heterocycles. The molecule has 0 saturated carbocycles. The Morgan fingerprint density at radius 3 is 2.57 bits per heavy atom. The highest BCUT2D eigenvalue weighted by atomic mass is 15.2. The largest absolute Gasteiger partial charge is 0.368 e. The molecule has 1 heterocycles. The summed E-state index contributed by atoms with van der Waals surface area (Å²) >= 11 is 0. The van der Waals surface area contributed by atoms with Crippen LogP contribution < -0.4 is 10.2 Å². The van der Waals surface area contributed by atoms with E-state index in [0.29, 0.717) is 12.0 Å². The van der Waals surface area contributed by atoms with Crippen LogP contribution in [0, 0.1) is 11.8 Å². The van der Waals surface area contributed by atoms with Crippen LogP contribution in [0.15, 0.2) is 24.3 Å². The van der Waals surface area contributed by atoms with Gasteiger partial charge in [-0.3, -0.25) is 0 Å². The molecule has 3 unspecified atom stereocenters. The van der Waals surface area contributed by atoms with E-state index in [4.69, 9.17) is 0 Å². The van der Waals surface area contributed by atoms with Gasteiger partial charge in [-0.15, -0.1) is 0 Å². The highest BCUT2D eigenvalue weighted by Gasteiger charge is 2.28. The van der Waals surface area contributed by atoms with Crippen LogP contribution in [0.1, 0.15) is 47.1 Å². The molecule has 21 heavy (non-hydrogen) atoms. The monoisotopic (exact) mass is 288 g/mol. The molecule has 2 heteroatoms. The van der Waals surface area contributed by atoms with Crippen molar-refractivity contribution in [2.24, 2.45) is 11.8 Å². The number of hydrogen-bond donors (Lipinski definition) is 1. The van der Waals surface area contributed by atoms with Gasteiger partial charge in [-0.05, 0) is 57.6 Å². The fourth-order valence-corrected chi connectivity index (χ4v) is 3.17. The first-order valence-corrected chi connectivity index (χ1v) is 8.37. The number of benzene rings is 1. The number of anilines is 1. The van der Waals surface area contributed by atoms with Crippen molar-refractivity contribution < 1.29 is 0 Å². The summed E-state index contributed by atoms with van der Waals surface area (Å²) in [6.07, 6.45) is 1.22. The third-order valence-electron chi connectivity index (χ3n) is 4.65. The molecule has 0 amide bonds. The Labute approximate surface area is 130 Å². The molecule has 1 aliphatic rings. The number of rotatable bonds is 4. The Kier molecular flexibility index (Phi) is 4.98. The molecule has 0 spiro atoms. The Morgan fingerprint density at radius 2 is 1.90 bits per heavy atom. The van der Waals surface area contributed by atoms with Gasteiger partial charge in [-0.25, -0.2) is 0 Å². The van der Waals surface area contributed by atoms with Gasteiger partial charge in [0.25, 0.3) is 0 Å². The van der Waals surface area contributed by atoms with Crippen molar-refractivity contribution in [1.29, 1.82) is 0 Å². The van der Waals surface area contributed by atoms with E-state index in [1.54, 1.807) is 0 Å². The lowest BCUT2D eigenvalue weighted by Crippen LogP contribution is -2.48. The van der Waals surface area contributed by atoms with Crippen LogP contribution in [0.5, 0.6) is 0 Å². The van der Waals surface area contributed by atoms with Crippen molar-refractivity contribution in [3.63, 3.8) is 0 Å². The minimum atomic E-state index is 0.196. The molecule has 1 N–H and O–H groups in total. The maximum Gasteiger partial charge on any atom is 0.0401 e. The quantitative estimate of drug-likeness (QED) is 0.897. The minimum Gasteiger partial charge on any atom is -0.368 e. The predicted molar refractivity (Wildman–Crippen MR) is 93.0 cm³/mol.